The molecule has 0 unspecified atom stereocenters. The first-order valence-corrected chi connectivity index (χ1v) is 12.9. The van der Waals surface area contributed by atoms with Gasteiger partial charge in [-0.25, -0.2) is 9.50 Å². The molecule has 8 nitrogen and oxygen atoms in total. The van der Waals surface area contributed by atoms with Crippen LogP contribution >= 0.6 is 0 Å². The first-order valence-electron chi connectivity index (χ1n) is 12.9. The molecule has 5 rings (SSSR count). The molecule has 2 aromatic carbocycles. The number of methoxy groups -OCH3 is 1. The van der Waals surface area contributed by atoms with E-state index < -0.39 is 23.9 Å². The zero-order valence-corrected chi connectivity index (χ0v) is 22.4. The van der Waals surface area contributed by atoms with E-state index in [4.69, 9.17) is 4.74 Å². The molecule has 11 heteroatoms. The Morgan fingerprint density at radius 2 is 1.82 bits per heavy atom. The van der Waals surface area contributed by atoms with Gasteiger partial charge in [-0.3, -0.25) is 9.69 Å². The van der Waals surface area contributed by atoms with Gasteiger partial charge in [0.25, 0.3) is 5.91 Å². The van der Waals surface area contributed by atoms with E-state index in [1.807, 2.05) is 37.3 Å². The van der Waals surface area contributed by atoms with Gasteiger partial charge in [-0.2, -0.15) is 18.3 Å². The van der Waals surface area contributed by atoms with Crippen molar-refractivity contribution in [3.63, 3.8) is 0 Å². The summed E-state index contributed by atoms with van der Waals surface area (Å²) in [7, 11) is 1.50. The molecule has 0 spiro atoms. The molecule has 4 aromatic rings. The number of hydrogen-bond acceptors (Lipinski definition) is 6. The summed E-state index contributed by atoms with van der Waals surface area (Å²) in [6.45, 7) is 5.01. The minimum absolute atomic E-state index is 0.00452. The number of halogens is 3. The van der Waals surface area contributed by atoms with Gasteiger partial charge in [0.05, 0.1) is 25.1 Å². The zero-order chi connectivity index (χ0) is 28.6. The van der Waals surface area contributed by atoms with Gasteiger partial charge in [0.2, 0.25) is 0 Å². The molecule has 0 bridgehead atoms. The van der Waals surface area contributed by atoms with Crippen molar-refractivity contribution in [2.24, 2.45) is 0 Å². The Balaban J connectivity index is 1.44. The Hall–Kier alpha value is -3.96. The van der Waals surface area contributed by atoms with Crippen LogP contribution in [-0.2, 0) is 6.18 Å². The van der Waals surface area contributed by atoms with Crippen molar-refractivity contribution in [2.75, 3.05) is 33.3 Å². The van der Waals surface area contributed by atoms with E-state index in [1.54, 1.807) is 29.2 Å². The SMILES string of the molecule is COc1ccc(-c2nc3c(C(=O)N4CCN(C[C@H](O)c5ccccc5)C[C@H]4C)cnn3c(C(F)(F)F)c2C)cc1. The molecule has 40 heavy (non-hydrogen) atoms. The number of rotatable bonds is 6. The van der Waals surface area contributed by atoms with Crippen molar-refractivity contribution in [3.8, 4) is 17.0 Å². The monoisotopic (exact) mass is 553 g/mol. The maximum absolute atomic E-state index is 14.3. The molecule has 2 atom stereocenters. The molecule has 0 radical (unpaired) electrons. The lowest BCUT2D eigenvalue weighted by atomic mass is 10.0. The van der Waals surface area contributed by atoms with Gasteiger partial charge in [0.15, 0.2) is 11.3 Å². The van der Waals surface area contributed by atoms with Crippen LogP contribution in [0.1, 0.15) is 40.2 Å². The predicted octanol–water partition coefficient (Wildman–Crippen LogP) is 4.61. The number of β-amino-alcohol motifs (C(OH)–C–C–N with tert-alkyl or cyclic N) is 1. The second kappa shape index (κ2) is 10.9. The second-order valence-corrected chi connectivity index (χ2v) is 9.99. The number of amides is 1. The number of aliphatic hydroxyl groups excluding tert-OH is 1. The molecule has 1 aliphatic heterocycles. The normalized spacial score (nSPS) is 17.3. The third kappa shape index (κ3) is 5.26. The maximum Gasteiger partial charge on any atom is 0.433 e. The minimum Gasteiger partial charge on any atom is -0.497 e. The topological polar surface area (TPSA) is 83.2 Å². The number of benzene rings is 2. The van der Waals surface area contributed by atoms with Crippen LogP contribution in [0.15, 0.2) is 60.8 Å². The van der Waals surface area contributed by atoms with E-state index in [1.165, 1.54) is 14.0 Å². The highest BCUT2D eigenvalue weighted by atomic mass is 19.4. The average Bonchev–Trinajstić information content (AvgIpc) is 3.35. The number of hydrogen-bond donors (Lipinski definition) is 1. The highest BCUT2D eigenvalue weighted by Gasteiger charge is 2.39. The van der Waals surface area contributed by atoms with Gasteiger partial charge in [-0.1, -0.05) is 30.3 Å². The van der Waals surface area contributed by atoms with Gasteiger partial charge in [-0.15, -0.1) is 0 Å². The third-order valence-electron chi connectivity index (χ3n) is 7.33. The smallest absolute Gasteiger partial charge is 0.433 e. The van der Waals surface area contributed by atoms with E-state index in [-0.39, 0.29) is 28.5 Å². The van der Waals surface area contributed by atoms with Crippen molar-refractivity contribution in [3.05, 3.63) is 83.2 Å². The third-order valence-corrected chi connectivity index (χ3v) is 7.33. The van der Waals surface area contributed by atoms with Gasteiger partial charge in [0, 0.05) is 43.3 Å². The van der Waals surface area contributed by atoms with Crippen molar-refractivity contribution < 1.29 is 27.8 Å². The van der Waals surface area contributed by atoms with Crippen LogP contribution in [0.3, 0.4) is 0 Å². The highest BCUT2D eigenvalue weighted by molar-refractivity contribution is 6.00. The van der Waals surface area contributed by atoms with Crippen LogP contribution < -0.4 is 4.74 Å². The van der Waals surface area contributed by atoms with Crippen LogP contribution in [0, 0.1) is 6.92 Å². The van der Waals surface area contributed by atoms with Crippen LogP contribution in [0.25, 0.3) is 16.9 Å². The molecule has 1 fully saturated rings. The summed E-state index contributed by atoms with van der Waals surface area (Å²) in [5, 5.41) is 14.6. The number of aromatic nitrogens is 3. The largest absolute Gasteiger partial charge is 0.497 e. The van der Waals surface area contributed by atoms with Crippen molar-refractivity contribution >= 4 is 11.6 Å². The molecule has 2 aromatic heterocycles. The Kier molecular flexibility index (Phi) is 7.52. The number of carbonyl (C=O) groups excluding carboxylic acids is 1. The van der Waals surface area contributed by atoms with Gasteiger partial charge >= 0.3 is 6.18 Å². The lowest BCUT2D eigenvalue weighted by Gasteiger charge is -2.40. The van der Waals surface area contributed by atoms with Crippen LogP contribution in [0.2, 0.25) is 0 Å². The molecule has 1 N–H and O–H groups in total. The fourth-order valence-electron chi connectivity index (χ4n) is 5.27. The van der Waals surface area contributed by atoms with Gasteiger partial charge in [-0.05, 0) is 43.7 Å². The molecule has 210 valence electrons. The summed E-state index contributed by atoms with van der Waals surface area (Å²) in [6.07, 6.45) is -4.23. The van der Waals surface area contributed by atoms with Crippen molar-refractivity contribution in [2.45, 2.75) is 32.2 Å². The van der Waals surface area contributed by atoms with Gasteiger partial charge < -0.3 is 14.7 Å². The summed E-state index contributed by atoms with van der Waals surface area (Å²) < 4.78 is 48.7. The lowest BCUT2D eigenvalue weighted by molar-refractivity contribution is -0.143. The standard InChI is InChI=1S/C29H30F3N5O3/c1-18-16-35(17-24(38)20-7-5-4-6-8-20)13-14-36(18)28(39)23-15-33-37-26(29(30,31)32)19(2)25(34-27(23)37)21-9-11-22(40-3)12-10-21/h4-12,15,18,24,38H,13-14,16-17H2,1-3H3/t18-,24+/m1/s1. The quantitative estimate of drug-likeness (QED) is 0.376. The zero-order valence-electron chi connectivity index (χ0n) is 22.4. The fourth-order valence-corrected chi connectivity index (χ4v) is 5.27. The second-order valence-electron chi connectivity index (χ2n) is 9.99. The number of nitrogens with zero attached hydrogens (tertiary/aromatic N) is 5. The molecule has 1 saturated heterocycles. The Bertz CT molecular complexity index is 1510. The van der Waals surface area contributed by atoms with E-state index in [2.05, 4.69) is 15.0 Å². The molecular weight excluding hydrogens is 523 g/mol. The number of carbonyl (C=O) groups is 1. The molecule has 3 heterocycles. The Labute approximate surface area is 229 Å². The van der Waals surface area contributed by atoms with Crippen LogP contribution in [0.5, 0.6) is 5.75 Å². The fraction of sp³-hybridized carbons (Fsp3) is 0.345. The van der Waals surface area contributed by atoms with E-state index in [0.717, 1.165) is 11.8 Å². The summed E-state index contributed by atoms with van der Waals surface area (Å²) in [5.74, 6) is 0.124. The number of alkyl halides is 3. The molecule has 0 saturated carbocycles. The Morgan fingerprint density at radius 1 is 1.12 bits per heavy atom. The van der Waals surface area contributed by atoms with Crippen molar-refractivity contribution in [1.82, 2.24) is 24.4 Å². The molecular formula is C29H30F3N5O3. The number of ether oxygens (including phenoxy) is 1. The van der Waals surface area contributed by atoms with Gasteiger partial charge in [0.1, 0.15) is 11.3 Å². The maximum atomic E-state index is 14.3. The summed E-state index contributed by atoms with van der Waals surface area (Å²) in [6, 6.07) is 15.7. The number of fused-ring (bicyclic) bond motifs is 1. The molecule has 0 aliphatic carbocycles. The molecule has 1 aliphatic rings. The van der Waals surface area contributed by atoms with E-state index in [0.29, 0.717) is 42.0 Å². The summed E-state index contributed by atoms with van der Waals surface area (Å²) in [5.41, 5.74) is 0.179. The van der Waals surface area contributed by atoms with E-state index >= 15 is 0 Å². The van der Waals surface area contributed by atoms with E-state index in [9.17, 15) is 23.1 Å². The average molecular weight is 554 g/mol. The van der Waals surface area contributed by atoms with Crippen LogP contribution in [0.4, 0.5) is 13.2 Å². The molecule has 1 amide bonds. The first-order chi connectivity index (χ1) is 19.1. The lowest BCUT2D eigenvalue weighted by Crippen LogP contribution is -2.54. The highest BCUT2D eigenvalue weighted by Crippen LogP contribution is 2.37. The number of piperazine rings is 1. The minimum atomic E-state index is -4.72. The van der Waals surface area contributed by atoms with Crippen molar-refractivity contribution in [1.29, 1.82) is 0 Å². The number of aliphatic hydroxyl groups is 1. The Morgan fingerprint density at radius 3 is 2.45 bits per heavy atom. The summed E-state index contributed by atoms with van der Waals surface area (Å²) in [4.78, 5) is 21.9. The first kappa shape index (κ1) is 27.6. The summed E-state index contributed by atoms with van der Waals surface area (Å²) >= 11 is 0. The predicted molar refractivity (Wildman–Crippen MR) is 143 cm³/mol. The van der Waals surface area contributed by atoms with Crippen LogP contribution in [-0.4, -0.2) is 74.7 Å².